The molecule has 0 bridgehead atoms. The van der Waals surface area contributed by atoms with Gasteiger partial charge < -0.3 is 19.7 Å². The van der Waals surface area contributed by atoms with E-state index in [1.54, 1.807) is 12.1 Å². The van der Waals surface area contributed by atoms with Crippen LogP contribution in [-0.4, -0.2) is 41.4 Å². The number of non-ortho nitro benzene ring substituents is 1. The molecule has 3 aromatic rings. The quantitative estimate of drug-likeness (QED) is 0.220. The van der Waals surface area contributed by atoms with Gasteiger partial charge in [0.15, 0.2) is 0 Å². The molecule has 0 saturated heterocycles. The molecule has 4 rings (SSSR count). The summed E-state index contributed by atoms with van der Waals surface area (Å²) in [7, 11) is 0. The van der Waals surface area contributed by atoms with E-state index in [1.807, 2.05) is 12.1 Å². The maximum Gasteiger partial charge on any atom is 0.291 e. The second kappa shape index (κ2) is 12.1. The molecule has 0 atom stereocenters. The van der Waals surface area contributed by atoms with Gasteiger partial charge in [0.05, 0.1) is 4.92 Å². The number of nitrogens with zero attached hydrogens (tertiary/aromatic N) is 4. The van der Waals surface area contributed by atoms with Crippen LogP contribution in [0.3, 0.4) is 0 Å². The van der Waals surface area contributed by atoms with Crippen LogP contribution in [0.25, 0.3) is 0 Å². The van der Waals surface area contributed by atoms with E-state index in [-0.39, 0.29) is 16.5 Å². The Morgan fingerprint density at radius 3 is 1.51 bits per heavy atom. The normalized spacial score (nSPS) is 11.8. The summed E-state index contributed by atoms with van der Waals surface area (Å²) in [6.45, 7) is 12.3. The lowest BCUT2D eigenvalue weighted by atomic mass is 9.82. The van der Waals surface area contributed by atoms with Crippen molar-refractivity contribution in [1.29, 1.82) is 0 Å². The predicted molar refractivity (Wildman–Crippen MR) is 143 cm³/mol. The SMILES string of the molecule is CCN(CC)c1ccc2c(c1)Oc1cc(N(CC)CC)ccc1C2c1ccc([N+](=O)[O-])cc1.O=[N+]([O-])O. The van der Waals surface area contributed by atoms with Crippen molar-refractivity contribution in [3.63, 3.8) is 0 Å². The van der Waals surface area contributed by atoms with Crippen LogP contribution < -0.4 is 14.5 Å². The smallest absolute Gasteiger partial charge is 0.291 e. The van der Waals surface area contributed by atoms with Crippen molar-refractivity contribution in [2.45, 2.75) is 33.6 Å². The van der Waals surface area contributed by atoms with Crippen molar-refractivity contribution >= 4 is 17.1 Å². The number of benzene rings is 3. The van der Waals surface area contributed by atoms with E-state index in [0.717, 1.165) is 65.7 Å². The molecule has 196 valence electrons. The molecular formula is C27H32N4O6. The second-order valence-corrected chi connectivity index (χ2v) is 8.41. The van der Waals surface area contributed by atoms with Gasteiger partial charge in [0.25, 0.3) is 10.8 Å². The molecular weight excluding hydrogens is 476 g/mol. The summed E-state index contributed by atoms with van der Waals surface area (Å²) in [5, 5.41) is 24.8. The largest absolute Gasteiger partial charge is 0.457 e. The minimum Gasteiger partial charge on any atom is -0.457 e. The van der Waals surface area contributed by atoms with E-state index in [2.05, 4.69) is 73.9 Å². The Balaban J connectivity index is 0.000000886. The zero-order valence-electron chi connectivity index (χ0n) is 21.5. The molecule has 1 aliphatic heterocycles. The summed E-state index contributed by atoms with van der Waals surface area (Å²) in [5.74, 6) is 1.62. The van der Waals surface area contributed by atoms with Crippen LogP contribution in [0.15, 0.2) is 60.7 Å². The lowest BCUT2D eigenvalue weighted by Gasteiger charge is -2.32. The van der Waals surface area contributed by atoms with Crippen molar-refractivity contribution in [3.8, 4) is 11.5 Å². The molecule has 1 N–H and O–H groups in total. The summed E-state index contributed by atoms with van der Waals surface area (Å²) in [6.07, 6.45) is 0. The number of fused-ring (bicyclic) bond motifs is 2. The Morgan fingerprint density at radius 1 is 0.757 bits per heavy atom. The summed E-state index contributed by atoms with van der Waals surface area (Å²) in [5.41, 5.74) is 5.51. The number of hydrogen-bond acceptors (Lipinski definition) is 7. The monoisotopic (exact) mass is 508 g/mol. The maximum absolute atomic E-state index is 11.2. The number of ether oxygens (including phenoxy) is 1. The van der Waals surface area contributed by atoms with E-state index in [0.29, 0.717) is 0 Å². The maximum atomic E-state index is 11.2. The molecule has 1 heterocycles. The van der Waals surface area contributed by atoms with E-state index in [4.69, 9.17) is 20.1 Å². The van der Waals surface area contributed by atoms with Crippen LogP contribution >= 0.6 is 0 Å². The minimum atomic E-state index is -1.50. The average molecular weight is 509 g/mol. The highest BCUT2D eigenvalue weighted by Gasteiger charge is 2.30. The van der Waals surface area contributed by atoms with Crippen LogP contribution in [0.1, 0.15) is 50.3 Å². The molecule has 1 aliphatic rings. The Kier molecular flexibility index (Phi) is 8.89. The van der Waals surface area contributed by atoms with Gasteiger partial charge >= 0.3 is 0 Å². The van der Waals surface area contributed by atoms with Gasteiger partial charge in [-0.3, -0.25) is 10.1 Å². The van der Waals surface area contributed by atoms with Crippen molar-refractivity contribution < 1.29 is 20.0 Å². The molecule has 0 radical (unpaired) electrons. The highest BCUT2D eigenvalue weighted by atomic mass is 16.9. The summed E-state index contributed by atoms with van der Waals surface area (Å²) in [6, 6.07) is 19.7. The van der Waals surface area contributed by atoms with Crippen LogP contribution in [0.4, 0.5) is 17.1 Å². The Morgan fingerprint density at radius 2 is 1.16 bits per heavy atom. The first-order valence-corrected chi connectivity index (χ1v) is 12.3. The van der Waals surface area contributed by atoms with Gasteiger partial charge in [-0.1, -0.05) is 24.3 Å². The first-order valence-electron chi connectivity index (χ1n) is 12.3. The topological polar surface area (TPSA) is 122 Å². The van der Waals surface area contributed by atoms with Crippen molar-refractivity contribution in [2.75, 3.05) is 36.0 Å². The van der Waals surface area contributed by atoms with Crippen LogP contribution in [0.5, 0.6) is 11.5 Å². The standard InChI is InChI=1S/C27H31N3O3.HNO3/c1-5-28(6-2)21-13-15-23-25(17-21)33-26-18-22(29(7-3)8-4)14-16-24(26)27(23)19-9-11-20(12-10-19)30(31)32;2-1(3)4/h9-18,27H,5-8H2,1-4H3;(H,2,3,4). The van der Waals surface area contributed by atoms with Gasteiger partial charge in [0.1, 0.15) is 11.5 Å². The molecule has 10 nitrogen and oxygen atoms in total. The summed E-state index contributed by atoms with van der Waals surface area (Å²) < 4.78 is 6.49. The Bertz CT molecular complexity index is 1170. The lowest BCUT2D eigenvalue weighted by molar-refractivity contribution is -0.742. The van der Waals surface area contributed by atoms with E-state index in [9.17, 15) is 10.1 Å². The van der Waals surface area contributed by atoms with Crippen molar-refractivity contribution in [3.05, 3.63) is 97.6 Å². The first kappa shape index (κ1) is 27.3. The molecule has 10 heteroatoms. The number of hydrogen-bond donors (Lipinski definition) is 1. The van der Waals surface area contributed by atoms with Gasteiger partial charge in [-0.05, 0) is 45.4 Å². The van der Waals surface area contributed by atoms with Crippen molar-refractivity contribution in [2.24, 2.45) is 0 Å². The van der Waals surface area contributed by atoms with Gasteiger partial charge in [-0.25, -0.2) is 0 Å². The number of anilines is 2. The molecule has 0 aromatic heterocycles. The van der Waals surface area contributed by atoms with Gasteiger partial charge in [-0.2, -0.15) is 0 Å². The molecule has 0 aliphatic carbocycles. The van der Waals surface area contributed by atoms with Crippen molar-refractivity contribution in [1.82, 2.24) is 0 Å². The highest BCUT2D eigenvalue weighted by molar-refractivity contribution is 5.66. The third kappa shape index (κ3) is 6.08. The van der Waals surface area contributed by atoms with Gasteiger partial charge in [0.2, 0.25) is 0 Å². The lowest BCUT2D eigenvalue weighted by Crippen LogP contribution is -2.23. The average Bonchev–Trinajstić information content (AvgIpc) is 2.88. The third-order valence-corrected chi connectivity index (χ3v) is 6.53. The molecule has 0 saturated carbocycles. The summed E-state index contributed by atoms with van der Waals surface area (Å²) in [4.78, 5) is 23.8. The number of rotatable bonds is 8. The fourth-order valence-electron chi connectivity index (χ4n) is 4.70. The Hall–Kier alpha value is -4.34. The molecule has 0 spiro atoms. The second-order valence-electron chi connectivity index (χ2n) is 8.41. The fraction of sp³-hybridized carbons (Fsp3) is 0.333. The molecule has 0 amide bonds. The molecule has 3 aromatic carbocycles. The van der Waals surface area contributed by atoms with Crippen LogP contribution in [-0.2, 0) is 0 Å². The molecule has 37 heavy (non-hydrogen) atoms. The minimum absolute atomic E-state index is 0.0546. The number of nitro benzene ring substituents is 1. The van der Waals surface area contributed by atoms with E-state index < -0.39 is 5.09 Å². The van der Waals surface area contributed by atoms with Crippen LogP contribution in [0, 0.1) is 20.2 Å². The number of nitro groups is 1. The molecule has 0 unspecified atom stereocenters. The predicted octanol–water partition coefficient (Wildman–Crippen LogP) is 6.23. The van der Waals surface area contributed by atoms with Crippen LogP contribution in [0.2, 0.25) is 0 Å². The molecule has 0 fully saturated rings. The zero-order chi connectivity index (χ0) is 27.1. The van der Waals surface area contributed by atoms with E-state index >= 15 is 0 Å². The zero-order valence-corrected chi connectivity index (χ0v) is 21.5. The third-order valence-electron chi connectivity index (χ3n) is 6.53. The fourth-order valence-corrected chi connectivity index (χ4v) is 4.70. The van der Waals surface area contributed by atoms with Gasteiger partial charge in [-0.15, -0.1) is 10.1 Å². The Labute approximate surface area is 216 Å². The van der Waals surface area contributed by atoms with E-state index in [1.165, 1.54) is 0 Å². The first-order chi connectivity index (χ1) is 17.7. The summed E-state index contributed by atoms with van der Waals surface area (Å²) >= 11 is 0. The highest BCUT2D eigenvalue weighted by Crippen LogP contribution is 2.49. The van der Waals surface area contributed by atoms with Gasteiger partial charge in [0, 0.05) is 78.9 Å².